The van der Waals surface area contributed by atoms with E-state index >= 15 is 0 Å². The van der Waals surface area contributed by atoms with Gasteiger partial charge in [-0.1, -0.05) is 12.2 Å². The summed E-state index contributed by atoms with van der Waals surface area (Å²) in [5.41, 5.74) is 0. The van der Waals surface area contributed by atoms with Gasteiger partial charge in [-0.2, -0.15) is 0 Å². The predicted molar refractivity (Wildman–Crippen MR) is 101 cm³/mol. The van der Waals surface area contributed by atoms with Crippen molar-refractivity contribution in [1.29, 1.82) is 0 Å². The van der Waals surface area contributed by atoms with E-state index in [0.717, 1.165) is 58.3 Å². The molecule has 1 unspecified atom stereocenters. The Morgan fingerprint density at radius 2 is 2.05 bits per heavy atom. The van der Waals surface area contributed by atoms with E-state index in [1.165, 1.54) is 0 Å². The van der Waals surface area contributed by atoms with Crippen molar-refractivity contribution in [1.82, 2.24) is 15.5 Å². The van der Waals surface area contributed by atoms with Crippen LogP contribution in [0.15, 0.2) is 17.1 Å². The number of aliphatic imine (C=N–C) groups is 1. The molecule has 5 nitrogen and oxygen atoms in total. The van der Waals surface area contributed by atoms with Crippen LogP contribution in [0.4, 0.5) is 0 Å². The summed E-state index contributed by atoms with van der Waals surface area (Å²) in [6, 6.07) is 0.463. The van der Waals surface area contributed by atoms with E-state index in [1.54, 1.807) is 0 Å². The molecule has 1 aliphatic heterocycles. The van der Waals surface area contributed by atoms with Crippen molar-refractivity contribution in [2.24, 2.45) is 4.99 Å². The number of ether oxygens (including phenoxy) is 1. The van der Waals surface area contributed by atoms with Crippen molar-refractivity contribution in [3.8, 4) is 0 Å². The van der Waals surface area contributed by atoms with Gasteiger partial charge in [-0.25, -0.2) is 0 Å². The molecule has 2 N–H and O–H groups in total. The van der Waals surface area contributed by atoms with Gasteiger partial charge in [-0.3, -0.25) is 9.89 Å². The van der Waals surface area contributed by atoms with Crippen LogP contribution >= 0.6 is 24.0 Å². The van der Waals surface area contributed by atoms with Gasteiger partial charge in [-0.05, 0) is 27.2 Å². The van der Waals surface area contributed by atoms with Crippen LogP contribution in [0.5, 0.6) is 0 Å². The molecule has 1 aliphatic rings. The second-order valence-electron chi connectivity index (χ2n) is 5.00. The highest BCUT2D eigenvalue weighted by Crippen LogP contribution is 2.03. The van der Waals surface area contributed by atoms with Crippen LogP contribution in [0.25, 0.3) is 0 Å². The minimum absolute atomic E-state index is 0. The Morgan fingerprint density at radius 3 is 2.67 bits per heavy atom. The van der Waals surface area contributed by atoms with Crippen molar-refractivity contribution >= 4 is 29.9 Å². The second-order valence-corrected chi connectivity index (χ2v) is 5.00. The Morgan fingerprint density at radius 1 is 1.33 bits per heavy atom. The molecule has 1 rings (SSSR count). The maximum Gasteiger partial charge on any atom is 0.191 e. The highest BCUT2D eigenvalue weighted by Gasteiger charge is 2.16. The Kier molecular flexibility index (Phi) is 13.1. The van der Waals surface area contributed by atoms with E-state index in [0.29, 0.717) is 6.04 Å². The number of hydrogen-bond acceptors (Lipinski definition) is 3. The summed E-state index contributed by atoms with van der Waals surface area (Å²) in [4.78, 5) is 7.11. The summed E-state index contributed by atoms with van der Waals surface area (Å²) < 4.78 is 5.38. The number of nitrogens with one attached hydrogen (secondary N) is 2. The van der Waals surface area contributed by atoms with Gasteiger partial charge in [0.05, 0.1) is 19.8 Å². The molecule has 1 saturated heterocycles. The highest BCUT2D eigenvalue weighted by molar-refractivity contribution is 14.0. The molecule has 0 bridgehead atoms. The summed E-state index contributed by atoms with van der Waals surface area (Å²) >= 11 is 0. The van der Waals surface area contributed by atoms with E-state index in [-0.39, 0.29) is 24.0 Å². The van der Waals surface area contributed by atoms with Gasteiger partial charge in [0.1, 0.15) is 0 Å². The van der Waals surface area contributed by atoms with Crippen LogP contribution in [0.3, 0.4) is 0 Å². The monoisotopic (exact) mass is 410 g/mol. The Balaban J connectivity index is 0.00000400. The van der Waals surface area contributed by atoms with Crippen molar-refractivity contribution in [3.63, 3.8) is 0 Å². The SMILES string of the molecule is CC=CCCNC(=NCC(C)N1CCOCC1)NCC.I. The van der Waals surface area contributed by atoms with Crippen LogP contribution in [-0.2, 0) is 4.74 Å². The number of allylic oxidation sites excluding steroid dienone is 1. The third-order valence-electron chi connectivity index (χ3n) is 3.37. The lowest BCUT2D eigenvalue weighted by Crippen LogP contribution is -2.44. The lowest BCUT2D eigenvalue weighted by atomic mass is 10.2. The average molecular weight is 410 g/mol. The molecule has 1 fully saturated rings. The van der Waals surface area contributed by atoms with Gasteiger partial charge in [-0.15, -0.1) is 24.0 Å². The molecule has 0 saturated carbocycles. The summed E-state index contributed by atoms with van der Waals surface area (Å²) in [6.45, 7) is 12.7. The topological polar surface area (TPSA) is 48.9 Å². The number of nitrogens with zero attached hydrogens (tertiary/aromatic N) is 2. The molecule has 0 aliphatic carbocycles. The van der Waals surface area contributed by atoms with Gasteiger partial charge in [0.15, 0.2) is 5.96 Å². The minimum atomic E-state index is 0. The Bertz CT molecular complexity index is 304. The molecule has 0 spiro atoms. The highest BCUT2D eigenvalue weighted by atomic mass is 127. The molecule has 21 heavy (non-hydrogen) atoms. The molecular weight excluding hydrogens is 379 g/mol. The first-order chi connectivity index (χ1) is 9.77. The van der Waals surface area contributed by atoms with Crippen LogP contribution in [-0.4, -0.2) is 62.8 Å². The smallest absolute Gasteiger partial charge is 0.191 e. The molecule has 124 valence electrons. The zero-order chi connectivity index (χ0) is 14.6. The Labute approximate surface area is 146 Å². The molecular formula is C15H31IN4O. The van der Waals surface area contributed by atoms with Crippen molar-refractivity contribution in [2.75, 3.05) is 45.9 Å². The fraction of sp³-hybridized carbons (Fsp3) is 0.800. The first-order valence-corrected chi connectivity index (χ1v) is 7.73. The average Bonchev–Trinajstić information content (AvgIpc) is 2.49. The molecule has 0 aromatic carbocycles. The maximum absolute atomic E-state index is 5.38. The van der Waals surface area contributed by atoms with Crippen molar-refractivity contribution in [3.05, 3.63) is 12.2 Å². The summed E-state index contributed by atoms with van der Waals surface area (Å²) in [6.07, 6.45) is 5.26. The zero-order valence-corrected chi connectivity index (χ0v) is 15.9. The largest absolute Gasteiger partial charge is 0.379 e. The van der Waals surface area contributed by atoms with E-state index in [1.807, 2.05) is 6.92 Å². The summed E-state index contributed by atoms with van der Waals surface area (Å²) in [7, 11) is 0. The Hall–Kier alpha value is -0.340. The van der Waals surface area contributed by atoms with Crippen LogP contribution in [0, 0.1) is 0 Å². The number of halogens is 1. The van der Waals surface area contributed by atoms with Crippen LogP contribution in [0.1, 0.15) is 27.2 Å². The normalized spacial score (nSPS) is 18.3. The fourth-order valence-corrected chi connectivity index (χ4v) is 2.14. The third-order valence-corrected chi connectivity index (χ3v) is 3.37. The third kappa shape index (κ3) is 9.31. The number of morpholine rings is 1. The van der Waals surface area contributed by atoms with E-state index in [9.17, 15) is 0 Å². The van der Waals surface area contributed by atoms with Gasteiger partial charge in [0.2, 0.25) is 0 Å². The summed E-state index contributed by atoms with van der Waals surface area (Å²) in [5.74, 6) is 0.914. The molecule has 1 heterocycles. The van der Waals surface area contributed by atoms with Crippen molar-refractivity contribution in [2.45, 2.75) is 33.2 Å². The van der Waals surface area contributed by atoms with E-state index < -0.39 is 0 Å². The first kappa shape index (κ1) is 20.7. The lowest BCUT2D eigenvalue weighted by Gasteiger charge is -2.31. The number of rotatable bonds is 7. The van der Waals surface area contributed by atoms with E-state index in [2.05, 4.69) is 46.5 Å². The zero-order valence-electron chi connectivity index (χ0n) is 13.6. The van der Waals surface area contributed by atoms with Gasteiger partial charge >= 0.3 is 0 Å². The first-order valence-electron chi connectivity index (χ1n) is 7.73. The quantitative estimate of drug-likeness (QED) is 0.221. The van der Waals surface area contributed by atoms with Crippen LogP contribution in [0.2, 0.25) is 0 Å². The molecule has 1 atom stereocenters. The maximum atomic E-state index is 5.38. The van der Waals surface area contributed by atoms with Gasteiger partial charge in [0, 0.05) is 32.2 Å². The summed E-state index contributed by atoms with van der Waals surface area (Å²) in [5, 5.41) is 6.65. The second kappa shape index (κ2) is 13.3. The standard InChI is InChI=1S/C15H30N4O.HI/c1-4-6-7-8-17-15(16-5-2)18-13-14(3)19-9-11-20-12-10-19;/h4,6,14H,5,7-13H2,1-3H3,(H2,16,17,18);1H. The van der Waals surface area contributed by atoms with Gasteiger partial charge < -0.3 is 15.4 Å². The molecule has 0 aromatic heterocycles. The number of hydrogen-bond donors (Lipinski definition) is 2. The van der Waals surface area contributed by atoms with Gasteiger partial charge in [0.25, 0.3) is 0 Å². The molecule has 0 aromatic rings. The van der Waals surface area contributed by atoms with E-state index in [4.69, 9.17) is 4.74 Å². The predicted octanol–water partition coefficient (Wildman–Crippen LogP) is 1.85. The number of guanidine groups is 1. The molecule has 0 amide bonds. The lowest BCUT2D eigenvalue weighted by molar-refractivity contribution is 0.0220. The fourth-order valence-electron chi connectivity index (χ4n) is 2.14. The van der Waals surface area contributed by atoms with Crippen LogP contribution < -0.4 is 10.6 Å². The molecule has 0 radical (unpaired) electrons. The molecule has 6 heteroatoms. The van der Waals surface area contributed by atoms with Crippen molar-refractivity contribution < 1.29 is 4.74 Å². The minimum Gasteiger partial charge on any atom is -0.379 e.